The SMILES string of the molecule is CCCCCC/C(C)=C/CC(C)O. The van der Waals surface area contributed by atoms with E-state index in [1.165, 1.54) is 37.7 Å². The van der Waals surface area contributed by atoms with Gasteiger partial charge in [0.1, 0.15) is 0 Å². The molecular weight excluding hydrogens is 160 g/mol. The monoisotopic (exact) mass is 184 g/mol. The van der Waals surface area contributed by atoms with E-state index in [-0.39, 0.29) is 6.10 Å². The van der Waals surface area contributed by atoms with Crippen molar-refractivity contribution >= 4 is 0 Å². The number of rotatable bonds is 7. The first-order valence-electron chi connectivity index (χ1n) is 5.50. The highest BCUT2D eigenvalue weighted by Crippen LogP contribution is 2.10. The van der Waals surface area contributed by atoms with Gasteiger partial charge in [0, 0.05) is 0 Å². The average Bonchev–Trinajstić information content (AvgIpc) is 2.09. The third kappa shape index (κ3) is 9.62. The van der Waals surface area contributed by atoms with Gasteiger partial charge in [-0.1, -0.05) is 37.8 Å². The second-order valence-corrected chi connectivity index (χ2v) is 3.95. The van der Waals surface area contributed by atoms with Crippen LogP contribution in [0.4, 0.5) is 0 Å². The van der Waals surface area contributed by atoms with Gasteiger partial charge < -0.3 is 5.11 Å². The number of aliphatic hydroxyl groups is 1. The Hall–Kier alpha value is -0.300. The normalized spacial score (nSPS) is 14.6. The fraction of sp³-hybridized carbons (Fsp3) is 0.833. The summed E-state index contributed by atoms with van der Waals surface area (Å²) in [6.07, 6.45) is 9.28. The highest BCUT2D eigenvalue weighted by Gasteiger charge is 1.94. The van der Waals surface area contributed by atoms with Crippen molar-refractivity contribution < 1.29 is 5.11 Å². The summed E-state index contributed by atoms with van der Waals surface area (Å²) in [5.74, 6) is 0. The van der Waals surface area contributed by atoms with E-state index in [9.17, 15) is 0 Å². The topological polar surface area (TPSA) is 20.2 Å². The summed E-state index contributed by atoms with van der Waals surface area (Å²) in [7, 11) is 0. The first kappa shape index (κ1) is 12.7. The lowest BCUT2D eigenvalue weighted by Crippen LogP contribution is -1.96. The number of hydrogen-bond donors (Lipinski definition) is 1. The lowest BCUT2D eigenvalue weighted by molar-refractivity contribution is 0.198. The maximum atomic E-state index is 9.07. The van der Waals surface area contributed by atoms with E-state index in [4.69, 9.17) is 5.11 Å². The molecule has 1 heteroatoms. The molecule has 0 saturated carbocycles. The number of allylic oxidation sites excluding steroid dienone is 1. The molecule has 1 unspecified atom stereocenters. The average molecular weight is 184 g/mol. The molecule has 0 spiro atoms. The van der Waals surface area contributed by atoms with Gasteiger partial charge in [-0.2, -0.15) is 0 Å². The number of hydrogen-bond acceptors (Lipinski definition) is 1. The fourth-order valence-corrected chi connectivity index (χ4v) is 1.30. The summed E-state index contributed by atoms with van der Waals surface area (Å²) in [6, 6.07) is 0. The minimum atomic E-state index is -0.189. The Morgan fingerprint density at radius 2 is 2.00 bits per heavy atom. The fourth-order valence-electron chi connectivity index (χ4n) is 1.30. The van der Waals surface area contributed by atoms with Crippen molar-refractivity contribution in [2.45, 2.75) is 65.4 Å². The van der Waals surface area contributed by atoms with Crippen LogP contribution in [0.25, 0.3) is 0 Å². The van der Waals surface area contributed by atoms with Crippen molar-refractivity contribution in [1.82, 2.24) is 0 Å². The van der Waals surface area contributed by atoms with Gasteiger partial charge in [0.25, 0.3) is 0 Å². The Morgan fingerprint density at radius 3 is 2.54 bits per heavy atom. The molecule has 0 radical (unpaired) electrons. The molecule has 0 saturated heterocycles. The van der Waals surface area contributed by atoms with Gasteiger partial charge >= 0.3 is 0 Å². The molecule has 0 heterocycles. The van der Waals surface area contributed by atoms with E-state index in [0.717, 1.165) is 6.42 Å². The Balaban J connectivity index is 3.38. The van der Waals surface area contributed by atoms with E-state index in [1.54, 1.807) is 0 Å². The van der Waals surface area contributed by atoms with Crippen LogP contribution in [0.3, 0.4) is 0 Å². The first-order valence-corrected chi connectivity index (χ1v) is 5.50. The van der Waals surface area contributed by atoms with Crippen LogP contribution in [0.5, 0.6) is 0 Å². The van der Waals surface area contributed by atoms with Crippen molar-refractivity contribution in [2.24, 2.45) is 0 Å². The lowest BCUT2D eigenvalue weighted by Gasteiger charge is -2.02. The third-order valence-corrected chi connectivity index (χ3v) is 2.23. The molecule has 1 nitrogen and oxygen atoms in total. The Labute approximate surface area is 82.9 Å². The van der Waals surface area contributed by atoms with E-state index >= 15 is 0 Å². The zero-order chi connectivity index (χ0) is 10.1. The van der Waals surface area contributed by atoms with Gasteiger partial charge in [0.2, 0.25) is 0 Å². The van der Waals surface area contributed by atoms with Gasteiger partial charge in [0.15, 0.2) is 0 Å². The molecule has 1 atom stereocenters. The van der Waals surface area contributed by atoms with Crippen LogP contribution in [0.1, 0.15) is 59.3 Å². The summed E-state index contributed by atoms with van der Waals surface area (Å²) in [6.45, 7) is 6.23. The van der Waals surface area contributed by atoms with Crippen molar-refractivity contribution in [2.75, 3.05) is 0 Å². The number of unbranched alkanes of at least 4 members (excludes halogenated alkanes) is 3. The Kier molecular flexibility index (Phi) is 8.11. The second kappa shape index (κ2) is 8.31. The van der Waals surface area contributed by atoms with E-state index in [1.807, 2.05) is 6.92 Å². The number of aliphatic hydroxyl groups excluding tert-OH is 1. The highest BCUT2D eigenvalue weighted by molar-refractivity contribution is 4.98. The minimum Gasteiger partial charge on any atom is -0.393 e. The smallest absolute Gasteiger partial charge is 0.0546 e. The predicted molar refractivity (Wildman–Crippen MR) is 58.8 cm³/mol. The van der Waals surface area contributed by atoms with Crippen LogP contribution >= 0.6 is 0 Å². The highest BCUT2D eigenvalue weighted by atomic mass is 16.3. The van der Waals surface area contributed by atoms with Gasteiger partial charge in [-0.15, -0.1) is 0 Å². The minimum absolute atomic E-state index is 0.189. The van der Waals surface area contributed by atoms with Gasteiger partial charge in [0.05, 0.1) is 6.10 Å². The molecule has 13 heavy (non-hydrogen) atoms. The molecule has 0 aromatic rings. The maximum absolute atomic E-state index is 9.07. The first-order chi connectivity index (χ1) is 6.16. The molecule has 0 aromatic carbocycles. The third-order valence-electron chi connectivity index (χ3n) is 2.23. The van der Waals surface area contributed by atoms with Crippen LogP contribution in [0, 0.1) is 0 Å². The molecule has 0 rings (SSSR count). The molecule has 78 valence electrons. The van der Waals surface area contributed by atoms with Crippen molar-refractivity contribution in [3.63, 3.8) is 0 Å². The van der Waals surface area contributed by atoms with Crippen LogP contribution in [0.15, 0.2) is 11.6 Å². The molecule has 0 aromatic heterocycles. The van der Waals surface area contributed by atoms with Crippen LogP contribution in [-0.4, -0.2) is 11.2 Å². The summed E-state index contributed by atoms with van der Waals surface area (Å²) in [4.78, 5) is 0. The van der Waals surface area contributed by atoms with E-state index in [0.29, 0.717) is 0 Å². The zero-order valence-corrected chi connectivity index (χ0v) is 9.34. The predicted octanol–water partition coefficient (Wildman–Crippen LogP) is 3.67. The van der Waals surface area contributed by atoms with Gasteiger partial charge in [-0.25, -0.2) is 0 Å². The molecular formula is C12H24O. The van der Waals surface area contributed by atoms with E-state index < -0.39 is 0 Å². The largest absolute Gasteiger partial charge is 0.393 e. The molecule has 0 fully saturated rings. The lowest BCUT2D eigenvalue weighted by atomic mass is 10.1. The van der Waals surface area contributed by atoms with Crippen molar-refractivity contribution in [3.8, 4) is 0 Å². The Morgan fingerprint density at radius 1 is 1.31 bits per heavy atom. The quantitative estimate of drug-likeness (QED) is 0.473. The Bertz CT molecular complexity index is 136. The summed E-state index contributed by atoms with van der Waals surface area (Å²) < 4.78 is 0. The molecule has 0 aliphatic carbocycles. The second-order valence-electron chi connectivity index (χ2n) is 3.95. The molecule has 1 N–H and O–H groups in total. The summed E-state index contributed by atoms with van der Waals surface area (Å²) in [5.41, 5.74) is 1.43. The summed E-state index contributed by atoms with van der Waals surface area (Å²) in [5, 5.41) is 9.07. The van der Waals surface area contributed by atoms with Gasteiger partial charge in [-0.05, 0) is 33.1 Å². The summed E-state index contributed by atoms with van der Waals surface area (Å²) >= 11 is 0. The van der Waals surface area contributed by atoms with Crippen LogP contribution < -0.4 is 0 Å². The van der Waals surface area contributed by atoms with Crippen molar-refractivity contribution in [1.29, 1.82) is 0 Å². The maximum Gasteiger partial charge on any atom is 0.0546 e. The van der Waals surface area contributed by atoms with Crippen molar-refractivity contribution in [3.05, 3.63) is 11.6 Å². The molecule has 0 amide bonds. The van der Waals surface area contributed by atoms with Crippen LogP contribution in [0.2, 0.25) is 0 Å². The standard InChI is InChI=1S/C12H24O/c1-4-5-6-7-8-11(2)9-10-12(3)13/h9,12-13H,4-8,10H2,1-3H3/b11-9+. The molecule has 0 aliphatic rings. The van der Waals surface area contributed by atoms with E-state index in [2.05, 4.69) is 19.9 Å². The van der Waals surface area contributed by atoms with Crippen LogP contribution in [-0.2, 0) is 0 Å². The zero-order valence-electron chi connectivity index (χ0n) is 9.34. The molecule has 0 aliphatic heterocycles. The van der Waals surface area contributed by atoms with Gasteiger partial charge in [-0.3, -0.25) is 0 Å². The molecule has 0 bridgehead atoms.